The van der Waals surface area contributed by atoms with Gasteiger partial charge in [-0.2, -0.15) is 0 Å². The van der Waals surface area contributed by atoms with E-state index >= 15 is 0 Å². The molecule has 2 aromatic carbocycles. The van der Waals surface area contributed by atoms with E-state index in [1.165, 1.54) is 0 Å². The predicted molar refractivity (Wildman–Crippen MR) is 129 cm³/mol. The van der Waals surface area contributed by atoms with Crippen molar-refractivity contribution < 1.29 is 9.59 Å². The molecule has 2 aromatic rings. The van der Waals surface area contributed by atoms with Crippen LogP contribution in [-0.4, -0.2) is 29.3 Å². The van der Waals surface area contributed by atoms with Gasteiger partial charge in [-0.15, -0.1) is 0 Å². The Labute approximate surface area is 195 Å². The summed E-state index contributed by atoms with van der Waals surface area (Å²) in [6.07, 6.45) is 2.60. The number of rotatable bonds is 10. The number of nitrogens with zero attached hydrogens (tertiary/aromatic N) is 1. The summed E-state index contributed by atoms with van der Waals surface area (Å²) in [6.45, 7) is 8.79. The van der Waals surface area contributed by atoms with Gasteiger partial charge in [0.05, 0.1) is 6.42 Å². The average molecular weight is 463 g/mol. The molecule has 0 aliphatic carbocycles. The van der Waals surface area contributed by atoms with E-state index in [1.807, 2.05) is 32.9 Å². The standard InChI is InChI=1S/C25H32Cl2N2O2/c1-5-7-11-28-25(31)23(6-2)29(16-20-21(26)9-8-10-22(20)27)24(30)15-19-13-17(3)12-18(4)14-19/h8-10,12-14,23H,5-7,11,15-16H2,1-4H3,(H,28,31)/t23-/m0/s1. The van der Waals surface area contributed by atoms with Crippen molar-refractivity contribution in [3.05, 3.63) is 68.7 Å². The highest BCUT2D eigenvalue weighted by atomic mass is 35.5. The fourth-order valence-corrected chi connectivity index (χ4v) is 4.24. The number of aryl methyl sites for hydroxylation is 2. The van der Waals surface area contributed by atoms with Gasteiger partial charge in [0, 0.05) is 28.7 Å². The summed E-state index contributed by atoms with van der Waals surface area (Å²) < 4.78 is 0. The van der Waals surface area contributed by atoms with Crippen LogP contribution in [-0.2, 0) is 22.6 Å². The maximum atomic E-state index is 13.5. The molecule has 2 amide bonds. The van der Waals surface area contributed by atoms with Gasteiger partial charge in [-0.05, 0) is 44.4 Å². The van der Waals surface area contributed by atoms with Crippen molar-refractivity contribution in [1.29, 1.82) is 0 Å². The number of benzene rings is 2. The number of amides is 2. The molecule has 0 aliphatic rings. The Morgan fingerprint density at radius 2 is 1.65 bits per heavy atom. The Balaban J connectivity index is 2.35. The molecule has 0 bridgehead atoms. The Kier molecular flexibility index (Phi) is 9.86. The first-order valence-corrected chi connectivity index (χ1v) is 11.6. The zero-order valence-corrected chi connectivity index (χ0v) is 20.3. The Morgan fingerprint density at radius 1 is 1.03 bits per heavy atom. The molecular formula is C25H32Cl2N2O2. The van der Waals surface area contributed by atoms with E-state index < -0.39 is 6.04 Å². The first-order chi connectivity index (χ1) is 14.8. The number of hydrogen-bond donors (Lipinski definition) is 1. The number of unbranched alkanes of at least 4 members (excludes halogenated alkanes) is 1. The van der Waals surface area contributed by atoms with E-state index in [1.54, 1.807) is 23.1 Å². The molecule has 0 spiro atoms. The molecule has 0 radical (unpaired) electrons. The minimum Gasteiger partial charge on any atom is -0.354 e. The van der Waals surface area contributed by atoms with Gasteiger partial charge < -0.3 is 10.2 Å². The molecule has 4 nitrogen and oxygen atoms in total. The third-order valence-corrected chi connectivity index (χ3v) is 5.95. The summed E-state index contributed by atoms with van der Waals surface area (Å²) in [7, 11) is 0. The van der Waals surface area contributed by atoms with Gasteiger partial charge in [-0.25, -0.2) is 0 Å². The minimum atomic E-state index is -0.595. The van der Waals surface area contributed by atoms with Crippen LogP contribution >= 0.6 is 23.2 Å². The fourth-order valence-electron chi connectivity index (χ4n) is 3.73. The van der Waals surface area contributed by atoms with Crippen molar-refractivity contribution in [2.24, 2.45) is 0 Å². The van der Waals surface area contributed by atoms with E-state index in [0.29, 0.717) is 28.6 Å². The second-order valence-corrected chi connectivity index (χ2v) is 8.78. The van der Waals surface area contributed by atoms with Gasteiger partial charge in [0.15, 0.2) is 0 Å². The second kappa shape index (κ2) is 12.1. The van der Waals surface area contributed by atoms with Gasteiger partial charge >= 0.3 is 0 Å². The third kappa shape index (κ3) is 7.26. The zero-order chi connectivity index (χ0) is 23.0. The van der Waals surface area contributed by atoms with Crippen LogP contribution in [0.2, 0.25) is 10.0 Å². The lowest BCUT2D eigenvalue weighted by molar-refractivity contribution is -0.140. The molecule has 0 unspecified atom stereocenters. The van der Waals surface area contributed by atoms with Crippen LogP contribution in [0.15, 0.2) is 36.4 Å². The monoisotopic (exact) mass is 462 g/mol. The molecule has 0 saturated carbocycles. The van der Waals surface area contributed by atoms with Crippen molar-refractivity contribution in [3.63, 3.8) is 0 Å². The largest absolute Gasteiger partial charge is 0.354 e. The topological polar surface area (TPSA) is 49.4 Å². The van der Waals surface area contributed by atoms with Crippen LogP contribution in [0.5, 0.6) is 0 Å². The average Bonchev–Trinajstić information content (AvgIpc) is 2.69. The van der Waals surface area contributed by atoms with Gasteiger partial charge in [-0.1, -0.05) is 78.9 Å². The molecule has 0 aliphatic heterocycles. The summed E-state index contributed by atoms with van der Waals surface area (Å²) in [5.74, 6) is -0.272. The van der Waals surface area contributed by atoms with E-state index in [9.17, 15) is 9.59 Å². The molecule has 0 saturated heterocycles. The number of carbonyl (C=O) groups is 2. The summed E-state index contributed by atoms with van der Waals surface area (Å²) in [6, 6.07) is 10.8. The molecular weight excluding hydrogens is 431 g/mol. The first-order valence-electron chi connectivity index (χ1n) is 10.8. The Hall–Kier alpha value is -2.04. The van der Waals surface area contributed by atoms with Crippen LogP contribution in [0.3, 0.4) is 0 Å². The van der Waals surface area contributed by atoms with Gasteiger partial charge in [0.2, 0.25) is 11.8 Å². The second-order valence-electron chi connectivity index (χ2n) is 7.96. The molecule has 31 heavy (non-hydrogen) atoms. The maximum Gasteiger partial charge on any atom is 0.242 e. The van der Waals surface area contributed by atoms with Gasteiger partial charge in [-0.3, -0.25) is 9.59 Å². The molecule has 1 N–H and O–H groups in total. The van der Waals surface area contributed by atoms with E-state index in [4.69, 9.17) is 23.2 Å². The predicted octanol–water partition coefficient (Wildman–Crippen LogP) is 5.88. The molecule has 6 heteroatoms. The first kappa shape index (κ1) is 25.2. The number of hydrogen-bond acceptors (Lipinski definition) is 2. The number of nitrogens with one attached hydrogen (secondary N) is 1. The highest BCUT2D eigenvalue weighted by molar-refractivity contribution is 6.36. The Bertz CT molecular complexity index is 874. The highest BCUT2D eigenvalue weighted by Gasteiger charge is 2.29. The molecule has 0 heterocycles. The van der Waals surface area contributed by atoms with Crippen LogP contribution in [0, 0.1) is 13.8 Å². The van der Waals surface area contributed by atoms with E-state index in [2.05, 4.69) is 18.3 Å². The van der Waals surface area contributed by atoms with Crippen LogP contribution in [0.1, 0.15) is 55.4 Å². The lowest BCUT2D eigenvalue weighted by atomic mass is 10.0. The molecule has 0 aromatic heterocycles. The smallest absolute Gasteiger partial charge is 0.242 e. The van der Waals surface area contributed by atoms with Crippen LogP contribution in [0.25, 0.3) is 0 Å². The quantitative estimate of drug-likeness (QED) is 0.448. The highest BCUT2D eigenvalue weighted by Crippen LogP contribution is 2.27. The summed E-state index contributed by atoms with van der Waals surface area (Å²) in [5.41, 5.74) is 3.79. The zero-order valence-electron chi connectivity index (χ0n) is 18.8. The lowest BCUT2D eigenvalue weighted by Gasteiger charge is -2.31. The molecule has 0 fully saturated rings. The Morgan fingerprint density at radius 3 is 2.19 bits per heavy atom. The van der Waals surface area contributed by atoms with Crippen molar-refractivity contribution in [2.75, 3.05) is 6.54 Å². The van der Waals surface area contributed by atoms with Gasteiger partial charge in [0.25, 0.3) is 0 Å². The molecule has 1 atom stereocenters. The van der Waals surface area contributed by atoms with Crippen molar-refractivity contribution >= 4 is 35.0 Å². The summed E-state index contributed by atoms with van der Waals surface area (Å²) in [5, 5.41) is 3.94. The minimum absolute atomic E-state index is 0.126. The third-order valence-electron chi connectivity index (χ3n) is 5.24. The molecule has 2 rings (SSSR count). The summed E-state index contributed by atoms with van der Waals surface area (Å²) in [4.78, 5) is 28.0. The van der Waals surface area contributed by atoms with E-state index in [0.717, 1.165) is 29.5 Å². The maximum absolute atomic E-state index is 13.5. The number of halogens is 2. The van der Waals surface area contributed by atoms with Crippen LogP contribution in [0.4, 0.5) is 0 Å². The number of carbonyl (C=O) groups excluding carboxylic acids is 2. The van der Waals surface area contributed by atoms with Crippen molar-refractivity contribution in [2.45, 2.75) is 66.0 Å². The van der Waals surface area contributed by atoms with Gasteiger partial charge in [0.1, 0.15) is 6.04 Å². The fraction of sp³-hybridized carbons (Fsp3) is 0.440. The normalized spacial score (nSPS) is 11.8. The SMILES string of the molecule is CCCCNC(=O)[C@H](CC)N(Cc1c(Cl)cccc1Cl)C(=O)Cc1cc(C)cc(C)c1. The lowest BCUT2D eigenvalue weighted by Crippen LogP contribution is -2.49. The molecule has 168 valence electrons. The summed E-state index contributed by atoms with van der Waals surface area (Å²) >= 11 is 12.8. The van der Waals surface area contributed by atoms with Crippen molar-refractivity contribution in [3.8, 4) is 0 Å². The van der Waals surface area contributed by atoms with Crippen LogP contribution < -0.4 is 5.32 Å². The van der Waals surface area contributed by atoms with Crippen molar-refractivity contribution in [1.82, 2.24) is 10.2 Å². The van der Waals surface area contributed by atoms with E-state index in [-0.39, 0.29) is 24.8 Å².